The van der Waals surface area contributed by atoms with Gasteiger partial charge in [0.1, 0.15) is 6.54 Å². The number of hydrogen-bond acceptors (Lipinski definition) is 3. The molecule has 0 aliphatic rings. The van der Waals surface area contributed by atoms with Crippen LogP contribution < -0.4 is 10.2 Å². The zero-order valence-corrected chi connectivity index (χ0v) is 15.9. The fourth-order valence-corrected chi connectivity index (χ4v) is 2.63. The molecule has 2 aromatic carbocycles. The second-order valence-corrected chi connectivity index (χ2v) is 6.36. The molecule has 28 heavy (non-hydrogen) atoms. The van der Waals surface area contributed by atoms with Crippen LogP contribution in [-0.4, -0.2) is 43.9 Å². The van der Waals surface area contributed by atoms with Crippen molar-refractivity contribution in [2.24, 2.45) is 0 Å². The lowest BCUT2D eigenvalue weighted by Crippen LogP contribution is -2.38. The summed E-state index contributed by atoms with van der Waals surface area (Å²) in [7, 11) is 3.68. The maximum Gasteiger partial charge on any atom is 0.418 e. The lowest BCUT2D eigenvalue weighted by molar-refractivity contribution is -0.137. The topological polar surface area (TPSA) is 52.7 Å². The van der Waals surface area contributed by atoms with Crippen LogP contribution in [0.15, 0.2) is 48.5 Å². The molecular formula is C20H22F3N3O2. The van der Waals surface area contributed by atoms with E-state index in [1.165, 1.54) is 23.1 Å². The molecule has 8 heteroatoms. The van der Waals surface area contributed by atoms with Gasteiger partial charge in [0.25, 0.3) is 5.91 Å². The maximum atomic E-state index is 13.1. The molecule has 1 N–H and O–H groups in total. The van der Waals surface area contributed by atoms with Gasteiger partial charge in [-0.3, -0.25) is 9.59 Å². The van der Waals surface area contributed by atoms with Crippen LogP contribution in [-0.2, 0) is 11.0 Å². The summed E-state index contributed by atoms with van der Waals surface area (Å²) in [5.74, 6) is -1.07. The first kappa shape index (κ1) is 21.3. The number of carbonyl (C=O) groups is 2. The second-order valence-electron chi connectivity index (χ2n) is 6.36. The van der Waals surface area contributed by atoms with E-state index in [0.29, 0.717) is 5.56 Å². The molecule has 0 aliphatic heterocycles. The third-order valence-corrected chi connectivity index (χ3v) is 4.12. The van der Waals surface area contributed by atoms with E-state index in [4.69, 9.17) is 0 Å². The molecule has 0 radical (unpaired) electrons. The first-order chi connectivity index (χ1) is 13.1. The standard InChI is InChI=1S/C20H22F3N3O2/c1-4-26(19(28)14-8-7-9-15(12-14)25(2)3)13-18(27)24-17-11-6-5-10-16(17)20(21,22)23/h5-12H,4,13H2,1-3H3,(H,24,27). The van der Waals surface area contributed by atoms with Crippen LogP contribution in [0.4, 0.5) is 24.5 Å². The van der Waals surface area contributed by atoms with E-state index in [1.54, 1.807) is 25.1 Å². The Morgan fingerprint density at radius 1 is 1.04 bits per heavy atom. The van der Waals surface area contributed by atoms with Gasteiger partial charge < -0.3 is 15.1 Å². The maximum absolute atomic E-state index is 13.1. The fourth-order valence-electron chi connectivity index (χ4n) is 2.63. The third-order valence-electron chi connectivity index (χ3n) is 4.12. The number of nitrogens with zero attached hydrogens (tertiary/aromatic N) is 2. The minimum absolute atomic E-state index is 0.235. The van der Waals surface area contributed by atoms with Gasteiger partial charge in [-0.05, 0) is 37.3 Å². The highest BCUT2D eigenvalue weighted by Crippen LogP contribution is 2.34. The quantitative estimate of drug-likeness (QED) is 0.811. The zero-order chi connectivity index (χ0) is 20.9. The average molecular weight is 393 g/mol. The van der Waals surface area contributed by atoms with Crippen LogP contribution in [0.5, 0.6) is 0 Å². The van der Waals surface area contributed by atoms with E-state index >= 15 is 0 Å². The van der Waals surface area contributed by atoms with Crippen LogP contribution in [0.2, 0.25) is 0 Å². The Morgan fingerprint density at radius 3 is 2.32 bits per heavy atom. The number of anilines is 2. The molecule has 0 saturated heterocycles. The number of hydrogen-bond donors (Lipinski definition) is 1. The summed E-state index contributed by atoms with van der Waals surface area (Å²) in [6.07, 6.45) is -4.59. The third kappa shape index (κ3) is 5.25. The number of alkyl halides is 3. The van der Waals surface area contributed by atoms with Gasteiger partial charge in [0, 0.05) is 31.9 Å². The Bertz CT molecular complexity index is 851. The molecule has 0 saturated carbocycles. The van der Waals surface area contributed by atoms with Gasteiger partial charge in [-0.2, -0.15) is 13.2 Å². The average Bonchev–Trinajstić information content (AvgIpc) is 2.65. The molecule has 0 bridgehead atoms. The summed E-state index contributed by atoms with van der Waals surface area (Å²) < 4.78 is 39.2. The molecule has 2 aromatic rings. The molecule has 0 atom stereocenters. The van der Waals surface area contributed by atoms with E-state index < -0.39 is 17.6 Å². The monoisotopic (exact) mass is 393 g/mol. The van der Waals surface area contributed by atoms with Crippen LogP contribution >= 0.6 is 0 Å². The largest absolute Gasteiger partial charge is 0.418 e. The predicted molar refractivity (Wildman–Crippen MR) is 102 cm³/mol. The molecule has 2 rings (SSSR count). The van der Waals surface area contributed by atoms with E-state index in [9.17, 15) is 22.8 Å². The summed E-state index contributed by atoms with van der Waals surface area (Å²) in [5, 5.41) is 2.26. The Morgan fingerprint density at radius 2 is 1.71 bits per heavy atom. The highest BCUT2D eigenvalue weighted by Gasteiger charge is 2.33. The molecule has 5 nitrogen and oxygen atoms in total. The lowest BCUT2D eigenvalue weighted by atomic mass is 10.1. The number of carbonyl (C=O) groups excluding carboxylic acids is 2. The number of rotatable bonds is 6. The van der Waals surface area contributed by atoms with Crippen LogP contribution in [0.3, 0.4) is 0 Å². The number of benzene rings is 2. The molecule has 0 fully saturated rings. The van der Waals surface area contributed by atoms with Crippen molar-refractivity contribution in [2.75, 3.05) is 37.4 Å². The Hall–Kier alpha value is -3.03. The minimum Gasteiger partial charge on any atom is -0.378 e. The van der Waals surface area contributed by atoms with E-state index in [1.807, 2.05) is 25.1 Å². The minimum atomic E-state index is -4.59. The van der Waals surface area contributed by atoms with Crippen molar-refractivity contribution in [3.63, 3.8) is 0 Å². The molecule has 0 spiro atoms. The summed E-state index contributed by atoms with van der Waals surface area (Å²) in [6.45, 7) is 1.58. The molecule has 2 amide bonds. The second kappa shape index (κ2) is 8.77. The molecule has 150 valence electrons. The van der Waals surface area contributed by atoms with Gasteiger partial charge in [0.2, 0.25) is 5.91 Å². The van der Waals surface area contributed by atoms with Crippen molar-refractivity contribution in [3.8, 4) is 0 Å². The van der Waals surface area contributed by atoms with Gasteiger partial charge >= 0.3 is 6.18 Å². The Balaban J connectivity index is 2.14. The van der Waals surface area contributed by atoms with Gasteiger partial charge in [-0.15, -0.1) is 0 Å². The van der Waals surface area contributed by atoms with Crippen LogP contribution in [0.25, 0.3) is 0 Å². The zero-order valence-electron chi connectivity index (χ0n) is 15.9. The Kier molecular flexibility index (Phi) is 6.66. The molecule has 0 unspecified atom stereocenters. The van der Waals surface area contributed by atoms with Gasteiger partial charge in [-0.1, -0.05) is 18.2 Å². The number of amides is 2. The van der Waals surface area contributed by atoms with Crippen molar-refractivity contribution in [2.45, 2.75) is 13.1 Å². The van der Waals surface area contributed by atoms with Crippen LogP contribution in [0.1, 0.15) is 22.8 Å². The van der Waals surface area contributed by atoms with Crippen molar-refractivity contribution < 1.29 is 22.8 Å². The smallest absolute Gasteiger partial charge is 0.378 e. The van der Waals surface area contributed by atoms with Crippen molar-refractivity contribution in [1.29, 1.82) is 0 Å². The first-order valence-corrected chi connectivity index (χ1v) is 8.66. The highest BCUT2D eigenvalue weighted by molar-refractivity contribution is 6.00. The number of halogens is 3. The first-order valence-electron chi connectivity index (χ1n) is 8.66. The molecule has 0 aromatic heterocycles. The van der Waals surface area contributed by atoms with E-state index in [2.05, 4.69) is 5.32 Å². The van der Waals surface area contributed by atoms with E-state index in [-0.39, 0.29) is 24.7 Å². The number of nitrogens with one attached hydrogen (secondary N) is 1. The highest BCUT2D eigenvalue weighted by atomic mass is 19.4. The fraction of sp³-hybridized carbons (Fsp3) is 0.300. The van der Waals surface area contributed by atoms with Crippen molar-refractivity contribution in [1.82, 2.24) is 4.90 Å². The van der Waals surface area contributed by atoms with Crippen molar-refractivity contribution in [3.05, 3.63) is 59.7 Å². The Labute approximate surface area is 161 Å². The molecule has 0 aliphatic carbocycles. The van der Waals surface area contributed by atoms with E-state index in [0.717, 1.165) is 11.8 Å². The summed E-state index contributed by atoms with van der Waals surface area (Å²) in [5.41, 5.74) is -0.0449. The lowest BCUT2D eigenvalue weighted by Gasteiger charge is -2.22. The molecular weight excluding hydrogens is 371 g/mol. The summed E-state index contributed by atoms with van der Waals surface area (Å²) >= 11 is 0. The predicted octanol–water partition coefficient (Wildman–Crippen LogP) is 3.87. The number of para-hydroxylation sites is 1. The molecule has 0 heterocycles. The van der Waals surface area contributed by atoms with Crippen molar-refractivity contribution >= 4 is 23.2 Å². The number of likely N-dealkylation sites (N-methyl/N-ethyl adjacent to an activating group) is 1. The van der Waals surface area contributed by atoms with Crippen LogP contribution in [0, 0.1) is 0 Å². The SMILES string of the molecule is CCN(CC(=O)Nc1ccccc1C(F)(F)F)C(=O)c1cccc(N(C)C)c1. The van der Waals surface area contributed by atoms with Gasteiger partial charge in [-0.25, -0.2) is 0 Å². The van der Waals surface area contributed by atoms with Gasteiger partial charge in [0.15, 0.2) is 0 Å². The summed E-state index contributed by atoms with van der Waals surface area (Å²) in [6, 6.07) is 11.6. The summed E-state index contributed by atoms with van der Waals surface area (Å²) in [4.78, 5) is 28.1. The van der Waals surface area contributed by atoms with Gasteiger partial charge in [0.05, 0.1) is 11.3 Å². The normalized spacial score (nSPS) is 11.1.